The number of nitrogens with one attached hydrogen (secondary N) is 1. The fraction of sp³-hybridized carbons (Fsp3) is 0.238. The van der Waals surface area contributed by atoms with Gasteiger partial charge in [-0.1, -0.05) is 24.3 Å². The lowest BCUT2D eigenvalue weighted by Gasteiger charge is -2.16. The highest BCUT2D eigenvalue weighted by molar-refractivity contribution is 5.95. The van der Waals surface area contributed by atoms with Gasteiger partial charge in [-0.05, 0) is 47.9 Å². The summed E-state index contributed by atoms with van der Waals surface area (Å²) in [6, 6.07) is 18.6. The molecule has 1 aliphatic heterocycles. The van der Waals surface area contributed by atoms with Crippen LogP contribution in [0.15, 0.2) is 67.0 Å². The summed E-state index contributed by atoms with van der Waals surface area (Å²) in [7, 11) is 0. The van der Waals surface area contributed by atoms with Crippen molar-refractivity contribution in [2.45, 2.75) is 25.9 Å². The molecule has 1 saturated heterocycles. The van der Waals surface area contributed by atoms with E-state index in [2.05, 4.69) is 46.8 Å². The smallest absolute Gasteiger partial charge is 0.227 e. The number of hydrogen-bond acceptors (Lipinski definition) is 3. The Balaban J connectivity index is 1.30. The summed E-state index contributed by atoms with van der Waals surface area (Å²) in [5.41, 5.74) is 4.52. The second-order valence-electron chi connectivity index (χ2n) is 6.54. The van der Waals surface area contributed by atoms with E-state index in [1.54, 1.807) is 6.20 Å². The van der Waals surface area contributed by atoms with Crippen molar-refractivity contribution < 1.29 is 4.79 Å². The Kier molecular flexibility index (Phi) is 4.80. The largest absolute Gasteiger partial charge is 0.312 e. The maximum Gasteiger partial charge on any atom is 0.227 e. The highest BCUT2D eigenvalue weighted by Gasteiger charge is 2.21. The molecule has 0 radical (unpaired) electrons. The number of rotatable bonds is 6. The van der Waals surface area contributed by atoms with Gasteiger partial charge in [-0.3, -0.25) is 4.79 Å². The molecule has 3 aromatic rings. The Labute approximate surface area is 153 Å². The Bertz CT molecular complexity index is 854. The average Bonchev–Trinajstić information content (AvgIpc) is 3.35. The zero-order valence-corrected chi connectivity index (χ0v) is 14.6. The molecule has 1 fully saturated rings. The molecular formula is C21H22N4O. The summed E-state index contributed by atoms with van der Waals surface area (Å²) in [6.45, 7) is 2.45. The van der Waals surface area contributed by atoms with Crippen molar-refractivity contribution >= 4 is 11.6 Å². The lowest BCUT2D eigenvalue weighted by molar-refractivity contribution is -0.117. The fourth-order valence-electron chi connectivity index (χ4n) is 3.25. The van der Waals surface area contributed by atoms with Gasteiger partial charge in [-0.15, -0.1) is 0 Å². The van der Waals surface area contributed by atoms with Crippen LogP contribution in [0, 0.1) is 0 Å². The van der Waals surface area contributed by atoms with Crippen molar-refractivity contribution in [3.63, 3.8) is 0 Å². The first-order valence-corrected chi connectivity index (χ1v) is 8.98. The zero-order chi connectivity index (χ0) is 17.8. The average molecular weight is 346 g/mol. The molecule has 1 aromatic heterocycles. The number of hydrogen-bond donors (Lipinski definition) is 1. The van der Waals surface area contributed by atoms with Gasteiger partial charge in [-0.25, -0.2) is 4.68 Å². The van der Waals surface area contributed by atoms with Crippen molar-refractivity contribution in [2.24, 2.45) is 0 Å². The van der Waals surface area contributed by atoms with Crippen LogP contribution in [0.25, 0.3) is 5.69 Å². The van der Waals surface area contributed by atoms with E-state index in [9.17, 15) is 4.79 Å². The molecule has 0 aliphatic carbocycles. The van der Waals surface area contributed by atoms with Crippen molar-refractivity contribution in [1.82, 2.24) is 15.1 Å². The number of carbonyl (C=O) groups excluding carboxylic acids is 1. The van der Waals surface area contributed by atoms with Crippen LogP contribution in [0.5, 0.6) is 0 Å². The molecule has 1 amide bonds. The van der Waals surface area contributed by atoms with Crippen LogP contribution in [-0.4, -0.2) is 22.2 Å². The van der Waals surface area contributed by atoms with Gasteiger partial charge in [-0.2, -0.15) is 5.10 Å². The maximum atomic E-state index is 11.8. The van der Waals surface area contributed by atoms with E-state index in [1.165, 1.54) is 11.1 Å². The molecule has 0 spiro atoms. The van der Waals surface area contributed by atoms with E-state index in [-0.39, 0.29) is 5.91 Å². The third-order valence-corrected chi connectivity index (χ3v) is 4.68. The fourth-order valence-corrected chi connectivity index (χ4v) is 3.25. The topological polar surface area (TPSA) is 50.2 Å². The first-order valence-electron chi connectivity index (χ1n) is 8.98. The second kappa shape index (κ2) is 7.54. The number of aromatic nitrogens is 2. The second-order valence-corrected chi connectivity index (χ2v) is 6.54. The molecule has 2 aromatic carbocycles. The summed E-state index contributed by atoms with van der Waals surface area (Å²) in [4.78, 5) is 13.7. The summed E-state index contributed by atoms with van der Waals surface area (Å²) in [5, 5.41) is 7.70. The molecule has 0 unspecified atom stereocenters. The predicted octanol–water partition coefficient (Wildman–Crippen LogP) is 3.29. The van der Waals surface area contributed by atoms with Gasteiger partial charge in [0.1, 0.15) is 0 Å². The number of benzene rings is 2. The van der Waals surface area contributed by atoms with Crippen molar-refractivity contribution in [2.75, 3.05) is 11.4 Å². The lowest BCUT2D eigenvalue weighted by Crippen LogP contribution is -2.23. The molecule has 5 nitrogen and oxygen atoms in total. The molecule has 1 aliphatic rings. The number of amides is 1. The van der Waals surface area contributed by atoms with Crippen molar-refractivity contribution in [3.05, 3.63) is 78.1 Å². The summed E-state index contributed by atoms with van der Waals surface area (Å²) < 4.78 is 1.85. The van der Waals surface area contributed by atoms with Crippen LogP contribution >= 0.6 is 0 Å². The molecule has 0 saturated carbocycles. The summed E-state index contributed by atoms with van der Waals surface area (Å²) in [5.74, 6) is 0.231. The quantitative estimate of drug-likeness (QED) is 0.745. The lowest BCUT2D eigenvalue weighted by atomic mass is 10.1. The molecule has 2 heterocycles. The van der Waals surface area contributed by atoms with Crippen LogP contribution in [-0.2, 0) is 17.9 Å². The summed E-state index contributed by atoms with van der Waals surface area (Å²) >= 11 is 0. The highest BCUT2D eigenvalue weighted by Crippen LogP contribution is 2.21. The molecule has 132 valence electrons. The molecule has 5 heteroatoms. The summed E-state index contributed by atoms with van der Waals surface area (Å²) in [6.07, 6.45) is 5.34. The van der Waals surface area contributed by atoms with Crippen LogP contribution in [0.2, 0.25) is 0 Å². The van der Waals surface area contributed by atoms with E-state index in [4.69, 9.17) is 0 Å². The highest BCUT2D eigenvalue weighted by atomic mass is 16.2. The molecule has 0 atom stereocenters. The van der Waals surface area contributed by atoms with Crippen LogP contribution in [0.1, 0.15) is 24.0 Å². The van der Waals surface area contributed by atoms with Gasteiger partial charge in [0.05, 0.1) is 5.69 Å². The van der Waals surface area contributed by atoms with Gasteiger partial charge >= 0.3 is 0 Å². The zero-order valence-electron chi connectivity index (χ0n) is 14.6. The van der Waals surface area contributed by atoms with E-state index in [1.807, 2.05) is 34.0 Å². The maximum absolute atomic E-state index is 11.8. The number of carbonyl (C=O) groups is 1. The van der Waals surface area contributed by atoms with Crippen LogP contribution < -0.4 is 10.2 Å². The Morgan fingerprint density at radius 3 is 2.12 bits per heavy atom. The minimum absolute atomic E-state index is 0.231. The van der Waals surface area contributed by atoms with Gasteiger partial charge in [0, 0.05) is 44.1 Å². The van der Waals surface area contributed by atoms with E-state index < -0.39 is 0 Å². The standard InChI is InChI=1S/C21H22N4O/c26-21-3-1-13-24(21)19-8-4-17(5-9-19)15-22-16-18-6-10-20(11-7-18)25-14-2-12-23-25/h2,4-12,14,22H,1,3,13,15-16H2. The Morgan fingerprint density at radius 1 is 0.923 bits per heavy atom. The van der Waals surface area contributed by atoms with Crippen LogP contribution in [0.3, 0.4) is 0 Å². The third-order valence-electron chi connectivity index (χ3n) is 4.68. The number of anilines is 1. The van der Waals surface area contributed by atoms with Gasteiger partial charge in [0.15, 0.2) is 0 Å². The van der Waals surface area contributed by atoms with Crippen molar-refractivity contribution in [1.29, 1.82) is 0 Å². The molecule has 4 rings (SSSR count). The van der Waals surface area contributed by atoms with Gasteiger partial charge in [0.25, 0.3) is 0 Å². The van der Waals surface area contributed by atoms with Gasteiger partial charge < -0.3 is 10.2 Å². The first-order chi connectivity index (χ1) is 12.8. The third kappa shape index (κ3) is 3.68. The van der Waals surface area contributed by atoms with E-state index in [0.29, 0.717) is 6.42 Å². The Morgan fingerprint density at radius 2 is 1.58 bits per heavy atom. The molecule has 0 bridgehead atoms. The monoisotopic (exact) mass is 346 g/mol. The van der Waals surface area contributed by atoms with Crippen LogP contribution in [0.4, 0.5) is 5.69 Å². The molecule has 26 heavy (non-hydrogen) atoms. The number of nitrogens with zero attached hydrogens (tertiary/aromatic N) is 3. The Hall–Kier alpha value is -2.92. The minimum Gasteiger partial charge on any atom is -0.312 e. The first kappa shape index (κ1) is 16.5. The van der Waals surface area contributed by atoms with E-state index in [0.717, 1.165) is 37.4 Å². The van der Waals surface area contributed by atoms with Gasteiger partial charge in [0.2, 0.25) is 5.91 Å². The predicted molar refractivity (Wildman–Crippen MR) is 102 cm³/mol. The molecule has 1 N–H and O–H groups in total. The van der Waals surface area contributed by atoms with Crippen molar-refractivity contribution in [3.8, 4) is 5.69 Å². The SMILES string of the molecule is O=C1CCCN1c1ccc(CNCc2ccc(-n3cccn3)cc2)cc1. The molecular weight excluding hydrogens is 324 g/mol. The minimum atomic E-state index is 0.231. The normalized spacial score (nSPS) is 14.2. The van der Waals surface area contributed by atoms with E-state index >= 15 is 0 Å².